The van der Waals surface area contributed by atoms with Crippen molar-refractivity contribution in [2.75, 3.05) is 0 Å². The van der Waals surface area contributed by atoms with Crippen LogP contribution in [0.5, 0.6) is 0 Å². The van der Waals surface area contributed by atoms with Crippen molar-refractivity contribution in [1.82, 2.24) is 4.57 Å². The molecule has 0 bridgehead atoms. The first-order valence-electron chi connectivity index (χ1n) is 14.0. The molecule has 2 aromatic heterocycles. The molecule has 190 valence electrons. The minimum Gasteiger partial charge on any atom is -0.456 e. The van der Waals surface area contributed by atoms with Gasteiger partial charge in [0.25, 0.3) is 5.82 Å². The molecule has 37 heavy (non-hydrogen) atoms. The Morgan fingerprint density at radius 3 is 2.19 bits per heavy atom. The SMILES string of the molecule is CCC1(CC)c2cc3oc4ccccc4c3cc2-c2n(-c3c(C(C)C)cccc3C(C)C)cc[n+]2C1C. The lowest BCUT2D eigenvalue weighted by atomic mass is 9.67. The van der Waals surface area contributed by atoms with Gasteiger partial charge in [-0.05, 0) is 55.4 Å². The van der Waals surface area contributed by atoms with Crippen molar-refractivity contribution in [3.8, 4) is 17.1 Å². The lowest BCUT2D eigenvalue weighted by Gasteiger charge is -2.40. The molecule has 1 unspecified atom stereocenters. The van der Waals surface area contributed by atoms with Gasteiger partial charge in [-0.3, -0.25) is 0 Å². The number of hydrogen-bond donors (Lipinski definition) is 0. The molecule has 3 heterocycles. The zero-order valence-electron chi connectivity index (χ0n) is 23.3. The minimum atomic E-state index is 0.0464. The Bertz CT molecular complexity index is 1600. The Balaban J connectivity index is 1.74. The number of aromatic nitrogens is 2. The third-order valence-corrected chi connectivity index (χ3v) is 9.21. The molecule has 0 N–H and O–H groups in total. The second-order valence-corrected chi connectivity index (χ2v) is 11.5. The zero-order chi connectivity index (χ0) is 26.1. The second-order valence-electron chi connectivity index (χ2n) is 11.5. The van der Waals surface area contributed by atoms with Gasteiger partial charge in [-0.2, -0.15) is 4.57 Å². The smallest absolute Gasteiger partial charge is 0.294 e. The maximum Gasteiger partial charge on any atom is 0.294 e. The standard InChI is InChI=1S/C34H39N2O/c1-8-34(9-2)23(7)35-17-18-36(32-24(21(3)4)14-12-15-25(32)22(5)6)33(35)28-19-27-26-13-10-11-16-30(26)37-31(27)20-29(28)34/h10-23H,8-9H2,1-7H3/q+1. The summed E-state index contributed by atoms with van der Waals surface area (Å²) in [7, 11) is 0. The Morgan fingerprint density at radius 1 is 0.865 bits per heavy atom. The van der Waals surface area contributed by atoms with E-state index in [4.69, 9.17) is 4.42 Å². The molecule has 3 nitrogen and oxygen atoms in total. The van der Waals surface area contributed by atoms with Gasteiger partial charge in [0.05, 0.1) is 5.56 Å². The van der Waals surface area contributed by atoms with Gasteiger partial charge in [-0.25, -0.2) is 4.57 Å². The van der Waals surface area contributed by atoms with Crippen molar-refractivity contribution < 1.29 is 8.98 Å². The molecule has 0 amide bonds. The van der Waals surface area contributed by atoms with Gasteiger partial charge >= 0.3 is 0 Å². The normalized spacial score (nSPS) is 16.6. The minimum absolute atomic E-state index is 0.0464. The van der Waals surface area contributed by atoms with Crippen LogP contribution >= 0.6 is 0 Å². The highest BCUT2D eigenvalue weighted by Crippen LogP contribution is 2.50. The van der Waals surface area contributed by atoms with Crippen LogP contribution in [-0.4, -0.2) is 4.57 Å². The van der Waals surface area contributed by atoms with Gasteiger partial charge in [-0.1, -0.05) is 77.9 Å². The van der Waals surface area contributed by atoms with Crippen molar-refractivity contribution in [1.29, 1.82) is 0 Å². The first-order chi connectivity index (χ1) is 17.8. The van der Waals surface area contributed by atoms with Gasteiger partial charge < -0.3 is 4.42 Å². The van der Waals surface area contributed by atoms with Crippen LogP contribution in [0.15, 0.2) is 71.4 Å². The van der Waals surface area contributed by atoms with E-state index in [1.54, 1.807) is 0 Å². The van der Waals surface area contributed by atoms with E-state index in [1.165, 1.54) is 44.5 Å². The second kappa shape index (κ2) is 8.62. The van der Waals surface area contributed by atoms with Crippen LogP contribution in [0.2, 0.25) is 0 Å². The van der Waals surface area contributed by atoms with E-state index < -0.39 is 0 Å². The Morgan fingerprint density at radius 2 is 1.54 bits per heavy atom. The van der Waals surface area contributed by atoms with Crippen molar-refractivity contribution in [3.05, 3.63) is 83.7 Å². The molecule has 1 aliphatic heterocycles. The maximum absolute atomic E-state index is 6.41. The topological polar surface area (TPSA) is 21.9 Å². The summed E-state index contributed by atoms with van der Waals surface area (Å²) >= 11 is 0. The van der Waals surface area contributed by atoms with Crippen LogP contribution in [0.4, 0.5) is 0 Å². The van der Waals surface area contributed by atoms with Gasteiger partial charge in [0.1, 0.15) is 35.3 Å². The number of nitrogens with zero attached hydrogens (tertiary/aromatic N) is 2. The van der Waals surface area contributed by atoms with Crippen molar-refractivity contribution in [2.24, 2.45) is 0 Å². The summed E-state index contributed by atoms with van der Waals surface area (Å²) in [6.07, 6.45) is 6.80. The molecule has 0 aliphatic carbocycles. The average molecular weight is 492 g/mol. The number of rotatable bonds is 5. The molecule has 1 atom stereocenters. The zero-order valence-corrected chi connectivity index (χ0v) is 23.3. The van der Waals surface area contributed by atoms with E-state index in [1.807, 2.05) is 0 Å². The third-order valence-electron chi connectivity index (χ3n) is 9.21. The summed E-state index contributed by atoms with van der Waals surface area (Å²) in [6.45, 7) is 16.3. The summed E-state index contributed by atoms with van der Waals surface area (Å²) in [5, 5.41) is 2.39. The highest BCUT2D eigenvalue weighted by atomic mass is 16.3. The quantitative estimate of drug-likeness (QED) is 0.225. The predicted octanol–water partition coefficient (Wildman–Crippen LogP) is 9.21. The largest absolute Gasteiger partial charge is 0.456 e. The number of imidazole rings is 1. The lowest BCUT2D eigenvalue weighted by molar-refractivity contribution is -0.720. The summed E-state index contributed by atoms with van der Waals surface area (Å²) in [6, 6.07) is 20.4. The van der Waals surface area contributed by atoms with Crippen molar-refractivity contribution in [2.45, 2.75) is 84.6 Å². The fraction of sp³-hybridized carbons (Fsp3) is 0.382. The molecule has 3 heteroatoms. The van der Waals surface area contributed by atoms with Crippen LogP contribution in [0.25, 0.3) is 39.0 Å². The highest BCUT2D eigenvalue weighted by molar-refractivity contribution is 6.06. The fourth-order valence-electron chi connectivity index (χ4n) is 7.04. The molecule has 3 aromatic carbocycles. The molecule has 0 radical (unpaired) electrons. The van der Waals surface area contributed by atoms with E-state index in [0.717, 1.165) is 24.0 Å². The Hall–Kier alpha value is -3.33. The van der Waals surface area contributed by atoms with E-state index in [2.05, 4.69) is 125 Å². The number of fused-ring (bicyclic) bond motifs is 6. The molecule has 5 aromatic rings. The Labute approximate surface area is 220 Å². The number of furan rings is 1. The van der Waals surface area contributed by atoms with Crippen LogP contribution in [0.3, 0.4) is 0 Å². The molecule has 0 saturated heterocycles. The fourth-order valence-corrected chi connectivity index (χ4v) is 7.04. The highest BCUT2D eigenvalue weighted by Gasteiger charge is 2.48. The molecular formula is C34H39N2O+. The Kier molecular flexibility index (Phi) is 5.60. The number of para-hydroxylation sites is 2. The summed E-state index contributed by atoms with van der Waals surface area (Å²) < 4.78 is 11.4. The van der Waals surface area contributed by atoms with E-state index in [-0.39, 0.29) is 5.41 Å². The van der Waals surface area contributed by atoms with Crippen molar-refractivity contribution in [3.63, 3.8) is 0 Å². The van der Waals surface area contributed by atoms with Crippen LogP contribution in [0.1, 0.15) is 95.9 Å². The first-order valence-corrected chi connectivity index (χ1v) is 14.0. The molecular weight excluding hydrogens is 452 g/mol. The van der Waals surface area contributed by atoms with Crippen LogP contribution in [-0.2, 0) is 5.41 Å². The third kappa shape index (κ3) is 3.29. The van der Waals surface area contributed by atoms with Gasteiger partial charge in [-0.15, -0.1) is 0 Å². The average Bonchev–Trinajstić information content (AvgIpc) is 3.50. The molecule has 0 saturated carbocycles. The molecule has 0 spiro atoms. The molecule has 0 fully saturated rings. The predicted molar refractivity (Wildman–Crippen MR) is 154 cm³/mol. The van der Waals surface area contributed by atoms with Gasteiger partial charge in [0, 0.05) is 27.3 Å². The van der Waals surface area contributed by atoms with Gasteiger partial charge in [0.15, 0.2) is 0 Å². The van der Waals surface area contributed by atoms with Crippen LogP contribution < -0.4 is 4.57 Å². The summed E-state index contributed by atoms with van der Waals surface area (Å²) in [5.41, 5.74) is 8.90. The maximum atomic E-state index is 6.41. The number of hydrogen-bond acceptors (Lipinski definition) is 1. The first kappa shape index (κ1) is 24.0. The summed E-state index contributed by atoms with van der Waals surface area (Å²) in [4.78, 5) is 0. The lowest BCUT2D eigenvalue weighted by Crippen LogP contribution is -2.53. The van der Waals surface area contributed by atoms with Crippen molar-refractivity contribution >= 4 is 21.9 Å². The van der Waals surface area contributed by atoms with E-state index >= 15 is 0 Å². The monoisotopic (exact) mass is 491 g/mol. The van der Waals surface area contributed by atoms with E-state index in [9.17, 15) is 0 Å². The molecule has 6 rings (SSSR count). The van der Waals surface area contributed by atoms with Crippen LogP contribution in [0, 0.1) is 0 Å². The van der Waals surface area contributed by atoms with E-state index in [0.29, 0.717) is 17.9 Å². The number of benzene rings is 3. The summed E-state index contributed by atoms with van der Waals surface area (Å²) in [5.74, 6) is 2.15. The van der Waals surface area contributed by atoms with Gasteiger partial charge in [0.2, 0.25) is 0 Å². The molecule has 1 aliphatic rings.